The SMILES string of the molecule is COCc1ccc(C(=O)N2CCC[C@@H](CSC)C2)o1. The molecule has 106 valence electrons. The maximum atomic E-state index is 12.4. The fourth-order valence-electron chi connectivity index (χ4n) is 2.49. The van der Waals surface area contributed by atoms with E-state index in [-0.39, 0.29) is 5.91 Å². The molecule has 19 heavy (non-hydrogen) atoms. The summed E-state index contributed by atoms with van der Waals surface area (Å²) in [5.74, 6) is 2.87. The number of hydrogen-bond donors (Lipinski definition) is 0. The number of thioether (sulfide) groups is 1. The molecule has 1 aromatic heterocycles. The highest BCUT2D eigenvalue weighted by atomic mass is 32.2. The fraction of sp³-hybridized carbons (Fsp3) is 0.643. The van der Waals surface area contributed by atoms with Crippen molar-refractivity contribution in [3.8, 4) is 0 Å². The number of methoxy groups -OCH3 is 1. The van der Waals surface area contributed by atoms with Crippen LogP contribution in [-0.2, 0) is 11.3 Å². The molecule has 0 saturated carbocycles. The molecule has 1 fully saturated rings. The van der Waals surface area contributed by atoms with E-state index >= 15 is 0 Å². The Kier molecular flexibility index (Phi) is 5.34. The molecule has 1 amide bonds. The Morgan fingerprint density at radius 1 is 1.58 bits per heavy atom. The number of nitrogens with zero attached hydrogens (tertiary/aromatic N) is 1. The van der Waals surface area contributed by atoms with Crippen molar-refractivity contribution in [1.29, 1.82) is 0 Å². The van der Waals surface area contributed by atoms with Gasteiger partial charge in [0.2, 0.25) is 0 Å². The molecular weight excluding hydrogens is 262 g/mol. The van der Waals surface area contributed by atoms with Crippen LogP contribution >= 0.6 is 11.8 Å². The summed E-state index contributed by atoms with van der Waals surface area (Å²) < 4.78 is 10.5. The molecule has 0 aromatic carbocycles. The number of amides is 1. The van der Waals surface area contributed by atoms with E-state index in [1.165, 1.54) is 6.42 Å². The topological polar surface area (TPSA) is 42.7 Å². The second-order valence-corrected chi connectivity index (χ2v) is 5.82. The monoisotopic (exact) mass is 283 g/mol. The lowest BCUT2D eigenvalue weighted by Crippen LogP contribution is -2.40. The highest BCUT2D eigenvalue weighted by Crippen LogP contribution is 2.22. The van der Waals surface area contributed by atoms with Crippen LogP contribution in [0.1, 0.15) is 29.2 Å². The molecule has 1 saturated heterocycles. The Hall–Kier alpha value is -0.940. The maximum Gasteiger partial charge on any atom is 0.289 e. The van der Waals surface area contributed by atoms with Crippen molar-refractivity contribution >= 4 is 17.7 Å². The number of carbonyl (C=O) groups is 1. The predicted molar refractivity (Wildman–Crippen MR) is 76.4 cm³/mol. The van der Waals surface area contributed by atoms with Gasteiger partial charge < -0.3 is 14.1 Å². The highest BCUT2D eigenvalue weighted by Gasteiger charge is 2.25. The van der Waals surface area contributed by atoms with Crippen LogP contribution in [0.15, 0.2) is 16.5 Å². The molecule has 0 radical (unpaired) electrons. The Morgan fingerprint density at radius 2 is 2.42 bits per heavy atom. The first-order valence-electron chi connectivity index (χ1n) is 6.60. The molecule has 5 heteroatoms. The predicted octanol–water partition coefficient (Wildman–Crippen LogP) is 2.64. The van der Waals surface area contributed by atoms with E-state index in [9.17, 15) is 4.79 Å². The van der Waals surface area contributed by atoms with Crippen LogP contribution in [0.25, 0.3) is 0 Å². The van der Waals surface area contributed by atoms with E-state index < -0.39 is 0 Å². The van der Waals surface area contributed by atoms with E-state index in [4.69, 9.17) is 9.15 Å². The average molecular weight is 283 g/mol. The second kappa shape index (κ2) is 7.01. The van der Waals surface area contributed by atoms with E-state index in [1.807, 2.05) is 16.7 Å². The molecule has 1 atom stereocenters. The van der Waals surface area contributed by atoms with Gasteiger partial charge in [-0.3, -0.25) is 4.79 Å². The summed E-state index contributed by atoms with van der Waals surface area (Å²) >= 11 is 1.85. The van der Waals surface area contributed by atoms with Crippen molar-refractivity contribution in [2.45, 2.75) is 19.4 Å². The fourth-order valence-corrected chi connectivity index (χ4v) is 3.23. The summed E-state index contributed by atoms with van der Waals surface area (Å²) in [4.78, 5) is 14.3. The number of ether oxygens (including phenoxy) is 1. The molecule has 4 nitrogen and oxygen atoms in total. The van der Waals surface area contributed by atoms with Crippen LogP contribution < -0.4 is 0 Å². The second-order valence-electron chi connectivity index (χ2n) is 4.91. The summed E-state index contributed by atoms with van der Waals surface area (Å²) in [5, 5.41) is 0. The molecule has 0 bridgehead atoms. The maximum absolute atomic E-state index is 12.4. The Bertz CT molecular complexity index is 417. The van der Waals surface area contributed by atoms with Crippen molar-refractivity contribution in [3.63, 3.8) is 0 Å². The van der Waals surface area contributed by atoms with Crippen molar-refractivity contribution in [1.82, 2.24) is 4.90 Å². The Labute approximate surface area is 118 Å². The summed E-state index contributed by atoms with van der Waals surface area (Å²) in [6, 6.07) is 3.55. The van der Waals surface area contributed by atoms with Gasteiger partial charge >= 0.3 is 0 Å². The summed E-state index contributed by atoms with van der Waals surface area (Å²) in [6.45, 7) is 2.09. The first-order chi connectivity index (χ1) is 9.24. The van der Waals surface area contributed by atoms with Crippen LogP contribution in [0, 0.1) is 5.92 Å². The number of piperidine rings is 1. The third-order valence-corrected chi connectivity index (χ3v) is 4.17. The summed E-state index contributed by atoms with van der Waals surface area (Å²) in [7, 11) is 1.61. The van der Waals surface area contributed by atoms with Crippen LogP contribution in [0.5, 0.6) is 0 Å². The lowest BCUT2D eigenvalue weighted by Gasteiger charge is -2.31. The van der Waals surface area contributed by atoms with Gasteiger partial charge in [-0.25, -0.2) is 0 Å². The largest absolute Gasteiger partial charge is 0.453 e. The zero-order valence-corrected chi connectivity index (χ0v) is 12.4. The standard InChI is InChI=1S/C14H21NO3S/c1-17-9-12-5-6-13(18-12)14(16)15-7-3-4-11(8-15)10-19-2/h5-6,11H,3-4,7-10H2,1-2H3/t11-/m1/s1. The van der Waals surface area contributed by atoms with Gasteiger partial charge in [0.25, 0.3) is 5.91 Å². The van der Waals surface area contributed by atoms with Gasteiger partial charge in [-0.15, -0.1) is 0 Å². The van der Waals surface area contributed by atoms with E-state index in [0.717, 1.165) is 25.3 Å². The summed E-state index contributed by atoms with van der Waals surface area (Å²) in [6.07, 6.45) is 4.42. The smallest absolute Gasteiger partial charge is 0.289 e. The van der Waals surface area contributed by atoms with Crippen molar-refractivity contribution in [2.24, 2.45) is 5.92 Å². The van der Waals surface area contributed by atoms with Crippen LogP contribution in [0.4, 0.5) is 0 Å². The molecule has 1 aliphatic rings. The lowest BCUT2D eigenvalue weighted by molar-refractivity contribution is 0.0646. The van der Waals surface area contributed by atoms with Crippen LogP contribution in [-0.4, -0.2) is 43.0 Å². The minimum atomic E-state index is 0.00755. The Balaban J connectivity index is 1.97. The third kappa shape index (κ3) is 3.76. The molecular formula is C14H21NO3S. The lowest BCUT2D eigenvalue weighted by atomic mass is 10.00. The number of hydrogen-bond acceptors (Lipinski definition) is 4. The zero-order chi connectivity index (χ0) is 13.7. The Morgan fingerprint density at radius 3 is 3.16 bits per heavy atom. The van der Waals surface area contributed by atoms with E-state index in [0.29, 0.717) is 24.0 Å². The first-order valence-corrected chi connectivity index (χ1v) is 8.00. The van der Waals surface area contributed by atoms with Crippen molar-refractivity contribution in [3.05, 3.63) is 23.7 Å². The molecule has 2 heterocycles. The minimum Gasteiger partial charge on any atom is -0.453 e. The first kappa shape index (κ1) is 14.5. The van der Waals surface area contributed by atoms with Gasteiger partial charge in [0.1, 0.15) is 12.4 Å². The number of carbonyl (C=O) groups excluding carboxylic acids is 1. The number of furan rings is 1. The molecule has 2 rings (SSSR count). The van der Waals surface area contributed by atoms with Gasteiger partial charge in [-0.2, -0.15) is 11.8 Å². The van der Waals surface area contributed by atoms with E-state index in [2.05, 4.69) is 6.26 Å². The highest BCUT2D eigenvalue weighted by molar-refractivity contribution is 7.98. The van der Waals surface area contributed by atoms with Crippen molar-refractivity contribution in [2.75, 3.05) is 32.2 Å². The average Bonchev–Trinajstić information content (AvgIpc) is 2.88. The normalized spacial score (nSPS) is 19.7. The van der Waals surface area contributed by atoms with Gasteiger partial charge in [0.05, 0.1) is 0 Å². The minimum absolute atomic E-state index is 0.00755. The van der Waals surface area contributed by atoms with Crippen molar-refractivity contribution < 1.29 is 13.9 Å². The van der Waals surface area contributed by atoms with Gasteiger partial charge in [0, 0.05) is 20.2 Å². The zero-order valence-electron chi connectivity index (χ0n) is 11.6. The van der Waals surface area contributed by atoms with Gasteiger partial charge in [-0.05, 0) is 42.9 Å². The molecule has 1 aromatic rings. The summed E-state index contributed by atoms with van der Waals surface area (Å²) in [5.41, 5.74) is 0. The van der Waals surface area contributed by atoms with Gasteiger partial charge in [-0.1, -0.05) is 0 Å². The van der Waals surface area contributed by atoms with Crippen LogP contribution in [0.3, 0.4) is 0 Å². The molecule has 0 N–H and O–H groups in total. The third-order valence-electron chi connectivity index (χ3n) is 3.37. The van der Waals surface area contributed by atoms with Gasteiger partial charge in [0.15, 0.2) is 5.76 Å². The number of likely N-dealkylation sites (tertiary alicyclic amines) is 1. The number of rotatable bonds is 5. The quantitative estimate of drug-likeness (QED) is 0.833. The molecule has 1 aliphatic heterocycles. The molecule has 0 aliphatic carbocycles. The van der Waals surface area contributed by atoms with Crippen LogP contribution in [0.2, 0.25) is 0 Å². The molecule has 0 spiro atoms. The van der Waals surface area contributed by atoms with E-state index in [1.54, 1.807) is 19.2 Å². The molecule has 0 unspecified atom stereocenters.